The highest BCUT2D eigenvalue weighted by molar-refractivity contribution is 6.38. The van der Waals surface area contributed by atoms with Crippen LogP contribution in [-0.4, -0.2) is 44.1 Å². The van der Waals surface area contributed by atoms with Gasteiger partial charge in [0.1, 0.15) is 0 Å². The van der Waals surface area contributed by atoms with Crippen LogP contribution in [0.3, 0.4) is 0 Å². The zero-order valence-corrected chi connectivity index (χ0v) is 13.7. The molecule has 2 N–H and O–H groups in total. The molecule has 0 fully saturated rings. The standard InChI is InChI=1S/C15H19ClN2O5/c1-3-22-8-7-17-13(19)11-9-10(16)5-6-12(11)18-14(20)15(21)23-4-2/h5-6,9H,3-4,7-8H2,1-2H3,(H,17,19)(H,18,20). The third kappa shape index (κ3) is 6.25. The predicted molar refractivity (Wildman–Crippen MR) is 85.5 cm³/mol. The Morgan fingerprint density at radius 1 is 1.17 bits per heavy atom. The van der Waals surface area contributed by atoms with Gasteiger partial charge < -0.3 is 20.1 Å². The van der Waals surface area contributed by atoms with Crippen molar-refractivity contribution in [2.75, 3.05) is 31.7 Å². The number of anilines is 1. The summed E-state index contributed by atoms with van der Waals surface area (Å²) in [6.07, 6.45) is 0. The number of carbonyl (C=O) groups is 3. The Morgan fingerprint density at radius 3 is 2.57 bits per heavy atom. The Hall–Kier alpha value is -2.12. The molecular weight excluding hydrogens is 324 g/mol. The molecule has 0 aliphatic heterocycles. The van der Waals surface area contributed by atoms with Crippen LogP contribution < -0.4 is 10.6 Å². The first-order valence-corrected chi connectivity index (χ1v) is 7.51. The Balaban J connectivity index is 2.82. The van der Waals surface area contributed by atoms with E-state index in [0.717, 1.165) is 0 Å². The fourth-order valence-corrected chi connectivity index (χ4v) is 1.83. The van der Waals surface area contributed by atoms with Crippen molar-refractivity contribution in [2.45, 2.75) is 13.8 Å². The molecule has 0 saturated heterocycles. The van der Waals surface area contributed by atoms with Gasteiger partial charge in [-0.05, 0) is 32.0 Å². The number of esters is 1. The van der Waals surface area contributed by atoms with E-state index in [1.54, 1.807) is 6.92 Å². The van der Waals surface area contributed by atoms with E-state index in [4.69, 9.17) is 16.3 Å². The lowest BCUT2D eigenvalue weighted by Crippen LogP contribution is -2.30. The summed E-state index contributed by atoms with van der Waals surface area (Å²) >= 11 is 5.88. The van der Waals surface area contributed by atoms with Gasteiger partial charge in [0.25, 0.3) is 5.91 Å². The van der Waals surface area contributed by atoms with Crippen molar-refractivity contribution in [3.63, 3.8) is 0 Å². The fourth-order valence-electron chi connectivity index (χ4n) is 1.66. The van der Waals surface area contributed by atoms with Crippen LogP contribution in [0.2, 0.25) is 5.02 Å². The highest BCUT2D eigenvalue weighted by Gasteiger charge is 2.19. The average Bonchev–Trinajstić information content (AvgIpc) is 2.53. The second kappa shape index (κ2) is 9.81. The molecule has 0 radical (unpaired) electrons. The summed E-state index contributed by atoms with van der Waals surface area (Å²) in [7, 11) is 0. The number of hydrogen-bond acceptors (Lipinski definition) is 5. The molecule has 1 rings (SSSR count). The number of halogens is 1. The molecule has 0 spiro atoms. The first-order valence-electron chi connectivity index (χ1n) is 7.13. The molecule has 2 amide bonds. The van der Waals surface area contributed by atoms with Gasteiger partial charge >= 0.3 is 11.9 Å². The van der Waals surface area contributed by atoms with Gasteiger partial charge in [-0.2, -0.15) is 0 Å². The van der Waals surface area contributed by atoms with Crippen LogP contribution >= 0.6 is 11.6 Å². The molecule has 1 aromatic rings. The highest BCUT2D eigenvalue weighted by atomic mass is 35.5. The Labute approximate surface area is 139 Å². The predicted octanol–water partition coefficient (Wildman–Crippen LogP) is 1.61. The smallest absolute Gasteiger partial charge is 0.397 e. The molecule has 23 heavy (non-hydrogen) atoms. The highest BCUT2D eigenvalue weighted by Crippen LogP contribution is 2.20. The minimum Gasteiger partial charge on any atom is -0.459 e. The zero-order chi connectivity index (χ0) is 17.2. The molecule has 8 heteroatoms. The van der Waals surface area contributed by atoms with Crippen LogP contribution in [0.4, 0.5) is 5.69 Å². The van der Waals surface area contributed by atoms with E-state index in [1.807, 2.05) is 6.92 Å². The summed E-state index contributed by atoms with van der Waals surface area (Å²) in [6.45, 7) is 4.75. The first kappa shape index (κ1) is 18.9. The van der Waals surface area contributed by atoms with Gasteiger partial charge in [-0.3, -0.25) is 9.59 Å². The second-order valence-electron chi connectivity index (χ2n) is 4.32. The van der Waals surface area contributed by atoms with Crippen LogP contribution in [-0.2, 0) is 19.1 Å². The maximum atomic E-state index is 12.2. The van der Waals surface area contributed by atoms with E-state index in [0.29, 0.717) is 24.8 Å². The molecule has 1 aromatic carbocycles. The molecule has 126 valence electrons. The van der Waals surface area contributed by atoms with Gasteiger partial charge in [-0.25, -0.2) is 4.79 Å². The maximum Gasteiger partial charge on any atom is 0.397 e. The summed E-state index contributed by atoms with van der Waals surface area (Å²) in [5.74, 6) is -2.42. The molecule has 0 saturated carbocycles. The second-order valence-corrected chi connectivity index (χ2v) is 4.75. The fraction of sp³-hybridized carbons (Fsp3) is 0.400. The number of hydrogen-bond donors (Lipinski definition) is 2. The van der Waals surface area contributed by atoms with Crippen molar-refractivity contribution < 1.29 is 23.9 Å². The van der Waals surface area contributed by atoms with Crippen molar-refractivity contribution in [3.8, 4) is 0 Å². The quantitative estimate of drug-likeness (QED) is 0.446. The first-order chi connectivity index (χ1) is 11.0. The summed E-state index contributed by atoms with van der Waals surface area (Å²) in [4.78, 5) is 35.2. The van der Waals surface area contributed by atoms with Crippen LogP contribution in [0.1, 0.15) is 24.2 Å². The third-order valence-electron chi connectivity index (χ3n) is 2.67. The number of ether oxygens (including phenoxy) is 2. The van der Waals surface area contributed by atoms with E-state index in [-0.39, 0.29) is 17.9 Å². The molecule has 0 bridgehead atoms. The molecule has 0 aliphatic carbocycles. The van der Waals surface area contributed by atoms with Crippen molar-refractivity contribution in [3.05, 3.63) is 28.8 Å². The Bertz CT molecular complexity index is 577. The summed E-state index contributed by atoms with van der Waals surface area (Å²) in [5, 5.41) is 5.31. The van der Waals surface area contributed by atoms with E-state index in [2.05, 4.69) is 15.4 Å². The minimum atomic E-state index is -1.02. The molecule has 0 aliphatic rings. The average molecular weight is 343 g/mol. The van der Waals surface area contributed by atoms with Crippen molar-refractivity contribution in [1.29, 1.82) is 0 Å². The summed E-state index contributed by atoms with van der Waals surface area (Å²) < 4.78 is 9.72. The lowest BCUT2D eigenvalue weighted by atomic mass is 10.1. The normalized spacial score (nSPS) is 10.0. The van der Waals surface area contributed by atoms with Gasteiger partial charge in [0, 0.05) is 18.2 Å². The number of rotatable bonds is 7. The van der Waals surface area contributed by atoms with E-state index in [9.17, 15) is 14.4 Å². The lowest BCUT2D eigenvalue weighted by Gasteiger charge is -2.11. The SMILES string of the molecule is CCOCCNC(=O)c1cc(Cl)ccc1NC(=O)C(=O)OCC. The number of amides is 2. The topological polar surface area (TPSA) is 93.7 Å². The van der Waals surface area contributed by atoms with Crippen LogP contribution in [0, 0.1) is 0 Å². The number of benzene rings is 1. The van der Waals surface area contributed by atoms with Crippen molar-refractivity contribution in [1.82, 2.24) is 5.32 Å². The molecule has 0 heterocycles. The lowest BCUT2D eigenvalue weighted by molar-refractivity contribution is -0.152. The maximum absolute atomic E-state index is 12.2. The van der Waals surface area contributed by atoms with Gasteiger partial charge in [-0.1, -0.05) is 11.6 Å². The largest absolute Gasteiger partial charge is 0.459 e. The van der Waals surface area contributed by atoms with Gasteiger partial charge in [0.15, 0.2) is 0 Å². The minimum absolute atomic E-state index is 0.0810. The number of carbonyl (C=O) groups excluding carboxylic acids is 3. The summed E-state index contributed by atoms with van der Waals surface area (Å²) in [5.41, 5.74) is 0.313. The van der Waals surface area contributed by atoms with Gasteiger partial charge in [0.05, 0.1) is 24.5 Å². The zero-order valence-electron chi connectivity index (χ0n) is 13.0. The van der Waals surface area contributed by atoms with E-state index < -0.39 is 17.8 Å². The van der Waals surface area contributed by atoms with Gasteiger partial charge in [0.2, 0.25) is 0 Å². The Morgan fingerprint density at radius 2 is 1.91 bits per heavy atom. The molecule has 0 unspecified atom stereocenters. The van der Waals surface area contributed by atoms with Crippen molar-refractivity contribution in [2.24, 2.45) is 0 Å². The molecule has 0 atom stereocenters. The number of nitrogens with one attached hydrogen (secondary N) is 2. The van der Waals surface area contributed by atoms with Gasteiger partial charge in [-0.15, -0.1) is 0 Å². The Kier molecular flexibility index (Phi) is 8.07. The monoisotopic (exact) mass is 342 g/mol. The molecule has 7 nitrogen and oxygen atoms in total. The van der Waals surface area contributed by atoms with Crippen LogP contribution in [0.15, 0.2) is 18.2 Å². The van der Waals surface area contributed by atoms with Crippen molar-refractivity contribution >= 4 is 35.1 Å². The molecule has 0 aromatic heterocycles. The van der Waals surface area contributed by atoms with Crippen LogP contribution in [0.5, 0.6) is 0 Å². The molecular formula is C15H19ClN2O5. The van der Waals surface area contributed by atoms with E-state index in [1.165, 1.54) is 18.2 Å². The van der Waals surface area contributed by atoms with E-state index >= 15 is 0 Å². The summed E-state index contributed by atoms with van der Waals surface area (Å²) in [6, 6.07) is 4.34. The van der Waals surface area contributed by atoms with Crippen LogP contribution in [0.25, 0.3) is 0 Å². The third-order valence-corrected chi connectivity index (χ3v) is 2.91.